The molecule has 2 aromatic rings. The molecule has 0 saturated heterocycles. The monoisotopic (exact) mass is 360 g/mol. The van der Waals surface area contributed by atoms with E-state index >= 15 is 0 Å². The van der Waals surface area contributed by atoms with E-state index < -0.39 is 22.4 Å². The number of fused-ring (bicyclic) bond motifs is 1. The Kier molecular flexibility index (Phi) is 5.45. The van der Waals surface area contributed by atoms with Gasteiger partial charge in [-0.25, -0.2) is 19.6 Å². The van der Waals surface area contributed by atoms with Gasteiger partial charge in [0.1, 0.15) is 12.1 Å². The van der Waals surface area contributed by atoms with Crippen LogP contribution in [0.15, 0.2) is 35.8 Å². The van der Waals surface area contributed by atoms with E-state index in [1.165, 1.54) is 29.4 Å². The zero-order valence-electron chi connectivity index (χ0n) is 14.0. The average Bonchev–Trinajstić information content (AvgIpc) is 2.60. The molecule has 10 nitrogen and oxygen atoms in total. The molecule has 0 radical (unpaired) electrons. The van der Waals surface area contributed by atoms with Gasteiger partial charge in [-0.15, -0.1) is 0 Å². The Labute approximate surface area is 147 Å². The summed E-state index contributed by atoms with van der Waals surface area (Å²) in [5.74, 6) is -2.94. The predicted molar refractivity (Wildman–Crippen MR) is 91.8 cm³/mol. The molecule has 0 saturated carbocycles. The maximum absolute atomic E-state index is 11.4. The lowest BCUT2D eigenvalue weighted by Gasteiger charge is -2.26. The van der Waals surface area contributed by atoms with E-state index in [0.29, 0.717) is 10.9 Å². The highest BCUT2D eigenvalue weighted by Gasteiger charge is 2.26. The molecule has 0 bridgehead atoms. The van der Waals surface area contributed by atoms with Gasteiger partial charge in [-0.2, -0.15) is 0 Å². The summed E-state index contributed by atoms with van der Waals surface area (Å²) in [5, 5.41) is 29.9. The van der Waals surface area contributed by atoms with E-state index in [2.05, 4.69) is 9.97 Å². The van der Waals surface area contributed by atoms with Crippen molar-refractivity contribution in [3.05, 3.63) is 45.9 Å². The maximum atomic E-state index is 11.4. The van der Waals surface area contributed by atoms with Gasteiger partial charge in [0.15, 0.2) is 5.57 Å². The highest BCUT2D eigenvalue weighted by atomic mass is 16.6. The van der Waals surface area contributed by atoms with Crippen molar-refractivity contribution < 1.29 is 24.7 Å². The second-order valence-corrected chi connectivity index (χ2v) is 5.19. The Morgan fingerprint density at radius 1 is 1.19 bits per heavy atom. The number of allylic oxidation sites excluding steroid dienone is 1. The molecule has 1 aromatic carbocycles. The Hall–Kier alpha value is -3.56. The summed E-state index contributed by atoms with van der Waals surface area (Å²) in [7, 11) is 0. The van der Waals surface area contributed by atoms with Gasteiger partial charge in [-0.3, -0.25) is 10.1 Å². The number of non-ortho nitro benzene ring substituents is 1. The fourth-order valence-corrected chi connectivity index (χ4v) is 2.67. The van der Waals surface area contributed by atoms with E-state index in [1.54, 1.807) is 13.8 Å². The van der Waals surface area contributed by atoms with Gasteiger partial charge in [0.2, 0.25) is 0 Å². The molecule has 0 aliphatic rings. The van der Waals surface area contributed by atoms with Gasteiger partial charge in [-0.1, -0.05) is 6.92 Å². The van der Waals surface area contributed by atoms with Gasteiger partial charge < -0.3 is 15.1 Å². The molecular formula is C16H16N4O6. The fraction of sp³-hybridized carbons (Fsp3) is 0.250. The number of nitrogens with zero attached hydrogens (tertiary/aromatic N) is 4. The van der Waals surface area contributed by atoms with E-state index in [-0.39, 0.29) is 30.2 Å². The minimum atomic E-state index is -1.57. The average molecular weight is 360 g/mol. The standard InChI is InChI=1S/C16H16N4O6/c1-3-12(13(15(21)22)16(23)24)19(4-2)14-10-7-9(20(25)26)5-6-11(10)17-8-18-14/h5-8H,3-4H2,1-2H3,(H,21,22)(H,23,24). The summed E-state index contributed by atoms with van der Waals surface area (Å²) in [6, 6.07) is 4.03. The molecule has 0 amide bonds. The first kappa shape index (κ1) is 18.8. The second-order valence-electron chi connectivity index (χ2n) is 5.19. The van der Waals surface area contributed by atoms with Crippen molar-refractivity contribution in [3.63, 3.8) is 0 Å². The molecule has 2 N–H and O–H groups in total. The summed E-state index contributed by atoms with van der Waals surface area (Å²) in [5.41, 5.74) is -0.490. The van der Waals surface area contributed by atoms with Crippen LogP contribution in [0.25, 0.3) is 10.9 Å². The molecule has 0 spiro atoms. The summed E-state index contributed by atoms with van der Waals surface area (Å²) in [6.45, 7) is 3.53. The first-order valence-electron chi connectivity index (χ1n) is 7.68. The molecule has 0 aliphatic heterocycles. The van der Waals surface area contributed by atoms with Crippen molar-refractivity contribution in [2.75, 3.05) is 11.4 Å². The Bertz CT molecular complexity index is 908. The molecule has 26 heavy (non-hydrogen) atoms. The van der Waals surface area contributed by atoms with Crippen LogP contribution in [-0.2, 0) is 9.59 Å². The molecule has 2 rings (SSSR count). The zero-order chi connectivity index (χ0) is 19.4. The predicted octanol–water partition coefficient (Wildman–Crippen LogP) is 2.20. The van der Waals surface area contributed by atoms with Crippen LogP contribution in [0, 0.1) is 10.1 Å². The maximum Gasteiger partial charge on any atom is 0.344 e. The van der Waals surface area contributed by atoms with Crippen LogP contribution in [0.2, 0.25) is 0 Å². The number of anilines is 1. The third kappa shape index (κ3) is 3.43. The summed E-state index contributed by atoms with van der Waals surface area (Å²) in [4.78, 5) is 42.9. The smallest absolute Gasteiger partial charge is 0.344 e. The van der Waals surface area contributed by atoms with Crippen LogP contribution < -0.4 is 4.90 Å². The largest absolute Gasteiger partial charge is 0.477 e. The van der Waals surface area contributed by atoms with Crippen LogP contribution in [0.1, 0.15) is 20.3 Å². The fourth-order valence-electron chi connectivity index (χ4n) is 2.67. The Balaban J connectivity index is 2.79. The first-order valence-corrected chi connectivity index (χ1v) is 7.68. The van der Waals surface area contributed by atoms with Crippen LogP contribution in [-0.4, -0.2) is 43.6 Å². The summed E-state index contributed by atoms with van der Waals surface area (Å²) in [6.07, 6.45) is 1.35. The van der Waals surface area contributed by atoms with Crippen LogP contribution in [0.3, 0.4) is 0 Å². The van der Waals surface area contributed by atoms with Crippen LogP contribution in [0.4, 0.5) is 11.5 Å². The molecule has 0 aliphatic carbocycles. The quantitative estimate of drug-likeness (QED) is 0.249. The highest BCUT2D eigenvalue weighted by Crippen LogP contribution is 2.30. The highest BCUT2D eigenvalue weighted by molar-refractivity contribution is 6.13. The lowest BCUT2D eigenvalue weighted by molar-refractivity contribution is -0.384. The van der Waals surface area contributed by atoms with Crippen LogP contribution in [0.5, 0.6) is 0 Å². The van der Waals surface area contributed by atoms with Crippen molar-refractivity contribution in [1.82, 2.24) is 9.97 Å². The molecule has 10 heteroatoms. The molecule has 0 fully saturated rings. The third-order valence-electron chi connectivity index (χ3n) is 3.76. The number of nitro groups is 1. The molecule has 136 valence electrons. The zero-order valence-corrected chi connectivity index (χ0v) is 14.0. The molecule has 0 unspecified atom stereocenters. The number of rotatable bonds is 7. The minimum Gasteiger partial charge on any atom is -0.477 e. The minimum absolute atomic E-state index is 0.0407. The number of aliphatic carboxylic acids is 2. The van der Waals surface area contributed by atoms with E-state index in [4.69, 9.17) is 0 Å². The number of nitro benzene ring substituents is 1. The van der Waals surface area contributed by atoms with E-state index in [0.717, 1.165) is 0 Å². The van der Waals surface area contributed by atoms with E-state index in [9.17, 15) is 29.9 Å². The van der Waals surface area contributed by atoms with Crippen molar-refractivity contribution >= 4 is 34.3 Å². The lowest BCUT2D eigenvalue weighted by Crippen LogP contribution is -2.28. The Morgan fingerprint density at radius 3 is 2.35 bits per heavy atom. The lowest BCUT2D eigenvalue weighted by atomic mass is 10.1. The van der Waals surface area contributed by atoms with Gasteiger partial charge in [0.25, 0.3) is 5.69 Å². The SMILES string of the molecule is CCC(=C(C(=O)O)C(=O)O)N(CC)c1ncnc2ccc([N+](=O)[O-])cc12. The van der Waals surface area contributed by atoms with E-state index in [1.807, 2.05) is 0 Å². The van der Waals surface area contributed by atoms with Gasteiger partial charge in [0.05, 0.1) is 15.8 Å². The van der Waals surface area contributed by atoms with Gasteiger partial charge >= 0.3 is 11.9 Å². The van der Waals surface area contributed by atoms with Crippen molar-refractivity contribution in [2.45, 2.75) is 20.3 Å². The topological polar surface area (TPSA) is 147 Å². The number of benzene rings is 1. The van der Waals surface area contributed by atoms with Crippen LogP contribution >= 0.6 is 0 Å². The number of hydrogen-bond acceptors (Lipinski definition) is 7. The molecule has 0 atom stereocenters. The molecular weight excluding hydrogens is 344 g/mol. The van der Waals surface area contributed by atoms with Crippen molar-refractivity contribution in [3.8, 4) is 0 Å². The Morgan fingerprint density at radius 2 is 1.85 bits per heavy atom. The van der Waals surface area contributed by atoms with Gasteiger partial charge in [-0.05, 0) is 19.4 Å². The normalized spacial score (nSPS) is 10.4. The summed E-state index contributed by atoms with van der Waals surface area (Å²) < 4.78 is 0. The molecule has 1 aromatic heterocycles. The summed E-state index contributed by atoms with van der Waals surface area (Å²) >= 11 is 0. The third-order valence-corrected chi connectivity index (χ3v) is 3.76. The van der Waals surface area contributed by atoms with Gasteiger partial charge in [0, 0.05) is 24.4 Å². The first-order chi connectivity index (χ1) is 12.3. The second kappa shape index (κ2) is 7.55. The number of hydrogen-bond donors (Lipinski definition) is 2. The number of carbonyl (C=O) groups is 2. The number of carboxylic acid groups (broad SMARTS) is 2. The molecule has 1 heterocycles. The van der Waals surface area contributed by atoms with Crippen molar-refractivity contribution in [2.24, 2.45) is 0 Å². The number of carboxylic acids is 2. The van der Waals surface area contributed by atoms with Crippen molar-refractivity contribution in [1.29, 1.82) is 0 Å². The number of aromatic nitrogens is 2.